The van der Waals surface area contributed by atoms with E-state index in [1.165, 1.54) is 18.2 Å². The molecule has 4 aromatic rings. The van der Waals surface area contributed by atoms with Gasteiger partial charge in [0.25, 0.3) is 0 Å². The molecule has 0 saturated heterocycles. The summed E-state index contributed by atoms with van der Waals surface area (Å²) in [4.78, 5) is 11.3. The van der Waals surface area contributed by atoms with Gasteiger partial charge in [-0.05, 0) is 0 Å². The normalized spacial score (nSPS) is 13.0. The van der Waals surface area contributed by atoms with Crippen molar-refractivity contribution in [1.29, 1.82) is 0 Å². The Morgan fingerprint density at radius 1 is 0.735 bits per heavy atom. The van der Waals surface area contributed by atoms with Crippen LogP contribution in [0, 0.1) is 0 Å². The summed E-state index contributed by atoms with van der Waals surface area (Å²) in [5.74, 6) is -1.21. The van der Waals surface area contributed by atoms with Crippen LogP contribution in [0.15, 0.2) is 120 Å². The molecule has 0 saturated carbocycles. The molecule has 0 radical (unpaired) electrons. The van der Waals surface area contributed by atoms with Crippen LogP contribution in [0.5, 0.6) is 0 Å². The molecular weight excluding hydrogens is 467 g/mol. The molecule has 1 N–H and O–H groups in total. The summed E-state index contributed by atoms with van der Waals surface area (Å²) in [6.07, 6.45) is 0.376. The van der Waals surface area contributed by atoms with Crippen molar-refractivity contribution in [1.82, 2.24) is 0 Å². The van der Waals surface area contributed by atoms with Gasteiger partial charge in [0.15, 0.2) is 0 Å². The zero-order chi connectivity index (χ0) is 24.3. The molecule has 0 fully saturated rings. The Bertz CT molecular complexity index is 1310. The minimum absolute atomic E-state index is 0.124. The topological polar surface area (TPSA) is 80.7 Å². The Labute approximate surface area is 199 Å². The van der Waals surface area contributed by atoms with Crippen LogP contribution in [-0.2, 0) is 14.1 Å². The second kappa shape index (κ2) is 9.15. The first-order chi connectivity index (χ1) is 16.3. The van der Waals surface area contributed by atoms with Crippen LogP contribution < -0.4 is 15.9 Å². The van der Waals surface area contributed by atoms with Gasteiger partial charge in [-0.2, -0.15) is 0 Å². The molecular formula is C27H25O5PS. The predicted octanol–water partition coefficient (Wildman–Crippen LogP) is 4.55. The van der Waals surface area contributed by atoms with E-state index >= 15 is 0 Å². The second-order valence-electron chi connectivity index (χ2n) is 7.90. The number of hydrogen-bond donors (Lipinski definition) is 1. The van der Waals surface area contributed by atoms with Crippen LogP contribution in [0.2, 0.25) is 0 Å². The molecule has 0 aliphatic rings. The Hall–Kier alpha value is -3.31. The molecule has 0 aliphatic carbocycles. The number of carbonyl (C=O) groups is 1. The third kappa shape index (κ3) is 3.84. The minimum atomic E-state index is -4.39. The van der Waals surface area contributed by atoms with Gasteiger partial charge in [0.2, 0.25) is 0 Å². The summed E-state index contributed by atoms with van der Waals surface area (Å²) in [6, 6.07) is 33.6. The number of carboxylic acid groups (broad SMARTS) is 1. The Morgan fingerprint density at radius 2 is 1.18 bits per heavy atom. The van der Waals surface area contributed by atoms with Crippen molar-refractivity contribution in [2.45, 2.75) is 11.8 Å². The van der Waals surface area contributed by atoms with Crippen LogP contribution in [-0.4, -0.2) is 25.7 Å². The number of benzene rings is 4. The van der Waals surface area contributed by atoms with Gasteiger partial charge in [-0.15, -0.1) is 0 Å². The Balaban J connectivity index is 2.10. The molecule has 7 heteroatoms. The molecule has 0 heterocycles. The molecule has 0 aromatic heterocycles. The zero-order valence-electron chi connectivity index (χ0n) is 18.6. The van der Waals surface area contributed by atoms with E-state index in [4.69, 9.17) is 3.97 Å². The van der Waals surface area contributed by atoms with Gasteiger partial charge in [-0.25, -0.2) is 0 Å². The molecule has 4 aromatic carbocycles. The molecule has 0 spiro atoms. The van der Waals surface area contributed by atoms with E-state index in [1.54, 1.807) is 0 Å². The second-order valence-corrected chi connectivity index (χ2v) is 14.5. The molecule has 0 aliphatic heterocycles. The van der Waals surface area contributed by atoms with Crippen LogP contribution in [0.3, 0.4) is 0 Å². The maximum atomic E-state index is 13.9. The molecule has 34 heavy (non-hydrogen) atoms. The van der Waals surface area contributed by atoms with Crippen LogP contribution in [0.1, 0.15) is 17.3 Å². The SMILES string of the molecule is CCP(OS(=O)(=O)c1cccc(C(=O)O)c1)(c1ccccc1)(c1ccccc1)c1ccccc1. The van der Waals surface area contributed by atoms with E-state index < -0.39 is 22.9 Å². The van der Waals surface area contributed by atoms with Gasteiger partial charge in [-0.3, -0.25) is 0 Å². The summed E-state index contributed by atoms with van der Waals surface area (Å²) in [7, 11) is -4.39. The predicted molar refractivity (Wildman–Crippen MR) is 137 cm³/mol. The molecule has 0 bridgehead atoms. The fourth-order valence-electron chi connectivity index (χ4n) is 4.45. The summed E-state index contributed by atoms with van der Waals surface area (Å²) in [5.41, 5.74) is -0.124. The van der Waals surface area contributed by atoms with Crippen molar-refractivity contribution in [2.75, 3.05) is 6.16 Å². The van der Waals surface area contributed by atoms with E-state index in [2.05, 4.69) is 0 Å². The molecule has 0 atom stereocenters. The summed E-state index contributed by atoms with van der Waals surface area (Å²) in [6.45, 7) is -2.13. The third-order valence-corrected chi connectivity index (χ3v) is 14.5. The maximum absolute atomic E-state index is 13.9. The molecule has 0 unspecified atom stereocenters. The number of hydrogen-bond acceptors (Lipinski definition) is 4. The van der Waals surface area contributed by atoms with Gasteiger partial charge < -0.3 is 0 Å². The Kier molecular flexibility index (Phi) is 6.41. The average Bonchev–Trinajstić information content (AvgIpc) is 2.89. The molecule has 174 valence electrons. The van der Waals surface area contributed by atoms with Crippen LogP contribution >= 0.6 is 6.83 Å². The van der Waals surface area contributed by atoms with Crippen molar-refractivity contribution in [2.24, 2.45) is 0 Å². The zero-order valence-corrected chi connectivity index (χ0v) is 20.3. The summed E-state index contributed by atoms with van der Waals surface area (Å²) >= 11 is 0. The van der Waals surface area contributed by atoms with Crippen molar-refractivity contribution in [3.05, 3.63) is 121 Å². The Morgan fingerprint density at radius 3 is 1.56 bits per heavy atom. The fourth-order valence-corrected chi connectivity index (χ4v) is 12.9. The summed E-state index contributed by atoms with van der Waals surface area (Å²) < 4.78 is 34.4. The number of carboxylic acids is 1. The van der Waals surface area contributed by atoms with Gasteiger partial charge >= 0.3 is 200 Å². The van der Waals surface area contributed by atoms with E-state index in [0.29, 0.717) is 6.16 Å². The van der Waals surface area contributed by atoms with Crippen molar-refractivity contribution in [3.63, 3.8) is 0 Å². The van der Waals surface area contributed by atoms with Gasteiger partial charge in [0, 0.05) is 0 Å². The number of aromatic carboxylic acids is 1. The van der Waals surface area contributed by atoms with Crippen molar-refractivity contribution >= 4 is 38.8 Å². The molecule has 4 rings (SSSR count). The standard InChI is InChI=1S/C27H25O5PS/c1-2-33(23-14-6-3-7-15-23,24-16-8-4-9-17-24,25-18-10-5-11-19-25)32-34(30,31)26-20-12-13-22(21-26)27(28)29/h3-21H,2H2,1H3,(H,28,29). The van der Waals surface area contributed by atoms with Crippen LogP contribution in [0.4, 0.5) is 0 Å². The third-order valence-electron chi connectivity index (χ3n) is 6.14. The summed E-state index contributed by atoms with van der Waals surface area (Å²) in [5, 5.41) is 11.7. The van der Waals surface area contributed by atoms with E-state index in [-0.39, 0.29) is 10.5 Å². The van der Waals surface area contributed by atoms with E-state index in [0.717, 1.165) is 22.0 Å². The van der Waals surface area contributed by atoms with Gasteiger partial charge in [0.1, 0.15) is 0 Å². The fraction of sp³-hybridized carbons (Fsp3) is 0.0741. The monoisotopic (exact) mass is 492 g/mol. The van der Waals surface area contributed by atoms with Gasteiger partial charge in [-0.1, -0.05) is 0 Å². The van der Waals surface area contributed by atoms with E-state index in [9.17, 15) is 18.3 Å². The van der Waals surface area contributed by atoms with E-state index in [1.807, 2.05) is 97.9 Å². The first kappa shape index (κ1) is 23.8. The van der Waals surface area contributed by atoms with Gasteiger partial charge in [0.05, 0.1) is 0 Å². The van der Waals surface area contributed by atoms with Crippen molar-refractivity contribution in [3.8, 4) is 0 Å². The van der Waals surface area contributed by atoms with Crippen LogP contribution in [0.25, 0.3) is 0 Å². The first-order valence-electron chi connectivity index (χ1n) is 10.8. The average molecular weight is 493 g/mol. The first-order valence-corrected chi connectivity index (χ1v) is 14.6. The van der Waals surface area contributed by atoms with Crippen molar-refractivity contribution < 1.29 is 22.3 Å². The number of rotatable bonds is 8. The molecule has 5 nitrogen and oxygen atoms in total. The quantitative estimate of drug-likeness (QED) is 0.365. The molecule has 0 amide bonds.